The van der Waals surface area contributed by atoms with Crippen molar-refractivity contribution in [3.63, 3.8) is 0 Å². The first kappa shape index (κ1) is 18.8. The molecule has 3 heterocycles. The number of nitrogens with zero attached hydrogens (tertiary/aromatic N) is 5. The van der Waals surface area contributed by atoms with E-state index in [1.165, 1.54) is 0 Å². The normalized spacial score (nSPS) is 14.4. The number of methoxy groups -OCH3 is 1. The van der Waals surface area contributed by atoms with E-state index in [-0.39, 0.29) is 0 Å². The maximum absolute atomic E-state index is 5.53. The molecular formula is C19H23N5O3S. The second-order valence-electron chi connectivity index (χ2n) is 6.29. The Morgan fingerprint density at radius 2 is 2.00 bits per heavy atom. The van der Waals surface area contributed by atoms with Crippen LogP contribution >= 0.6 is 11.8 Å². The van der Waals surface area contributed by atoms with Gasteiger partial charge in [-0.2, -0.15) is 0 Å². The van der Waals surface area contributed by atoms with Crippen LogP contribution in [0.3, 0.4) is 0 Å². The summed E-state index contributed by atoms with van der Waals surface area (Å²) in [5.74, 6) is 3.09. The zero-order valence-corrected chi connectivity index (χ0v) is 16.8. The number of anilines is 1. The van der Waals surface area contributed by atoms with E-state index in [1.807, 2.05) is 30.3 Å². The summed E-state index contributed by atoms with van der Waals surface area (Å²) < 4.78 is 18.5. The predicted molar refractivity (Wildman–Crippen MR) is 107 cm³/mol. The lowest BCUT2D eigenvalue weighted by atomic mass is 10.1. The average molecular weight is 401 g/mol. The minimum absolute atomic E-state index is 0.628. The Hall–Kier alpha value is -2.52. The lowest BCUT2D eigenvalue weighted by Crippen LogP contribution is -2.38. The van der Waals surface area contributed by atoms with Crippen molar-refractivity contribution in [1.29, 1.82) is 0 Å². The molecule has 3 aromatic rings. The summed E-state index contributed by atoms with van der Waals surface area (Å²) in [7, 11) is 1.65. The Labute approximate surface area is 167 Å². The molecule has 0 bridgehead atoms. The molecule has 2 aromatic heterocycles. The zero-order valence-electron chi connectivity index (χ0n) is 16.0. The van der Waals surface area contributed by atoms with Crippen LogP contribution in [0.5, 0.6) is 5.75 Å². The van der Waals surface area contributed by atoms with Crippen LogP contribution in [0, 0.1) is 0 Å². The van der Waals surface area contributed by atoms with Crippen molar-refractivity contribution in [2.75, 3.05) is 38.3 Å². The minimum Gasteiger partial charge on any atom is -0.496 e. The number of ether oxygens (including phenoxy) is 2. The molecule has 0 spiro atoms. The quantitative estimate of drug-likeness (QED) is 0.559. The van der Waals surface area contributed by atoms with Crippen molar-refractivity contribution >= 4 is 17.7 Å². The predicted octanol–water partition coefficient (Wildman–Crippen LogP) is 3.09. The van der Waals surface area contributed by atoms with E-state index in [9.17, 15) is 0 Å². The fourth-order valence-electron chi connectivity index (χ4n) is 3.16. The van der Waals surface area contributed by atoms with E-state index in [0.29, 0.717) is 5.75 Å². The van der Waals surface area contributed by atoms with Gasteiger partial charge in [0, 0.05) is 31.3 Å². The van der Waals surface area contributed by atoms with Crippen LogP contribution in [-0.2, 0) is 17.0 Å². The largest absolute Gasteiger partial charge is 0.496 e. The monoisotopic (exact) mass is 401 g/mol. The van der Waals surface area contributed by atoms with Gasteiger partial charge in [0.2, 0.25) is 5.95 Å². The van der Waals surface area contributed by atoms with Crippen LogP contribution in [0.4, 0.5) is 5.95 Å². The second-order valence-corrected chi connectivity index (χ2v) is 7.24. The summed E-state index contributed by atoms with van der Waals surface area (Å²) in [5.41, 5.74) is 1.68. The molecule has 0 atom stereocenters. The highest BCUT2D eigenvalue weighted by molar-refractivity contribution is 7.98. The lowest BCUT2D eigenvalue weighted by Gasteiger charge is -2.27. The van der Waals surface area contributed by atoms with Crippen molar-refractivity contribution < 1.29 is 14.0 Å². The number of para-hydroxylation sites is 1. The highest BCUT2D eigenvalue weighted by atomic mass is 32.2. The molecule has 0 amide bonds. The van der Waals surface area contributed by atoms with Crippen LogP contribution < -0.4 is 9.64 Å². The van der Waals surface area contributed by atoms with Crippen molar-refractivity contribution in [2.24, 2.45) is 0 Å². The van der Waals surface area contributed by atoms with Gasteiger partial charge in [0.1, 0.15) is 17.2 Å². The average Bonchev–Trinajstić information content (AvgIpc) is 3.39. The van der Waals surface area contributed by atoms with Gasteiger partial charge in [-0.3, -0.25) is 4.57 Å². The lowest BCUT2D eigenvalue weighted by molar-refractivity contribution is 0.121. The van der Waals surface area contributed by atoms with Crippen molar-refractivity contribution in [3.8, 4) is 17.0 Å². The molecule has 1 aliphatic rings. The molecule has 0 saturated carbocycles. The Balaban J connectivity index is 1.47. The SMILES string of the molecule is CCn1c(SCc2cc(-c3ccccc3OC)no2)nnc1N1CCOCC1. The molecule has 0 radical (unpaired) electrons. The number of aromatic nitrogens is 4. The van der Waals surface area contributed by atoms with Gasteiger partial charge in [-0.25, -0.2) is 0 Å². The Morgan fingerprint density at radius 1 is 1.18 bits per heavy atom. The maximum atomic E-state index is 5.53. The van der Waals surface area contributed by atoms with Gasteiger partial charge in [0.15, 0.2) is 5.16 Å². The molecule has 0 N–H and O–H groups in total. The first-order chi connectivity index (χ1) is 13.8. The smallest absolute Gasteiger partial charge is 0.228 e. The number of hydrogen-bond acceptors (Lipinski definition) is 8. The van der Waals surface area contributed by atoms with Gasteiger partial charge in [-0.1, -0.05) is 29.1 Å². The highest BCUT2D eigenvalue weighted by Crippen LogP contribution is 2.31. The summed E-state index contributed by atoms with van der Waals surface area (Å²) in [4.78, 5) is 2.22. The maximum Gasteiger partial charge on any atom is 0.228 e. The minimum atomic E-state index is 0.628. The van der Waals surface area contributed by atoms with Gasteiger partial charge in [-0.15, -0.1) is 10.2 Å². The molecule has 1 aliphatic heterocycles. The third kappa shape index (κ3) is 3.85. The standard InChI is InChI=1S/C19H23N5O3S/c1-3-24-18(23-8-10-26-11-9-23)20-21-19(24)28-13-14-12-16(22-27-14)15-6-4-5-7-17(15)25-2/h4-7,12H,3,8-11,13H2,1-2H3. The molecule has 0 aliphatic carbocycles. The van der Waals surface area contributed by atoms with Gasteiger partial charge in [0.05, 0.1) is 26.1 Å². The second kappa shape index (κ2) is 8.66. The zero-order chi connectivity index (χ0) is 19.3. The van der Waals surface area contributed by atoms with Crippen molar-refractivity contribution in [2.45, 2.75) is 24.4 Å². The molecule has 1 saturated heterocycles. The number of morpholine rings is 1. The summed E-state index contributed by atoms with van der Waals surface area (Å²) >= 11 is 1.59. The van der Waals surface area contributed by atoms with Crippen LogP contribution in [0.2, 0.25) is 0 Å². The van der Waals surface area contributed by atoms with Gasteiger partial charge in [-0.05, 0) is 19.1 Å². The topological polar surface area (TPSA) is 78.4 Å². The fourth-order valence-corrected chi connectivity index (χ4v) is 4.03. The van der Waals surface area contributed by atoms with E-state index in [2.05, 4.69) is 31.7 Å². The van der Waals surface area contributed by atoms with Crippen LogP contribution in [0.15, 0.2) is 40.0 Å². The van der Waals surface area contributed by atoms with E-state index in [0.717, 1.165) is 66.7 Å². The fraction of sp³-hybridized carbons (Fsp3) is 0.421. The summed E-state index contributed by atoms with van der Waals surface area (Å²) in [5, 5.41) is 13.8. The van der Waals surface area contributed by atoms with E-state index < -0.39 is 0 Å². The first-order valence-corrected chi connectivity index (χ1v) is 10.3. The Kier molecular flexibility index (Phi) is 5.82. The number of hydrogen-bond donors (Lipinski definition) is 0. The molecule has 1 fully saturated rings. The van der Waals surface area contributed by atoms with E-state index >= 15 is 0 Å². The summed E-state index contributed by atoms with van der Waals surface area (Å²) in [6.07, 6.45) is 0. The number of benzene rings is 1. The van der Waals surface area contributed by atoms with Gasteiger partial charge >= 0.3 is 0 Å². The number of thioether (sulfide) groups is 1. The number of rotatable bonds is 7. The molecule has 8 nitrogen and oxygen atoms in total. The van der Waals surface area contributed by atoms with Crippen molar-refractivity contribution in [3.05, 3.63) is 36.1 Å². The van der Waals surface area contributed by atoms with Crippen LogP contribution in [0.25, 0.3) is 11.3 Å². The molecular weight excluding hydrogens is 378 g/mol. The molecule has 4 rings (SSSR count). The molecule has 28 heavy (non-hydrogen) atoms. The van der Waals surface area contributed by atoms with E-state index in [1.54, 1.807) is 18.9 Å². The molecule has 9 heteroatoms. The molecule has 1 aromatic carbocycles. The summed E-state index contributed by atoms with van der Waals surface area (Å²) in [6, 6.07) is 9.71. The third-order valence-electron chi connectivity index (χ3n) is 4.59. The third-order valence-corrected chi connectivity index (χ3v) is 5.58. The Bertz CT molecular complexity index is 920. The van der Waals surface area contributed by atoms with Crippen LogP contribution in [0.1, 0.15) is 12.7 Å². The summed E-state index contributed by atoms with van der Waals surface area (Å²) in [6.45, 7) is 6.04. The van der Waals surface area contributed by atoms with Crippen LogP contribution in [-0.4, -0.2) is 53.3 Å². The Morgan fingerprint density at radius 3 is 2.79 bits per heavy atom. The molecule has 148 valence electrons. The van der Waals surface area contributed by atoms with E-state index in [4.69, 9.17) is 14.0 Å². The highest BCUT2D eigenvalue weighted by Gasteiger charge is 2.20. The van der Waals surface area contributed by atoms with Gasteiger partial charge in [0.25, 0.3) is 0 Å². The van der Waals surface area contributed by atoms with Crippen molar-refractivity contribution in [1.82, 2.24) is 19.9 Å². The first-order valence-electron chi connectivity index (χ1n) is 9.27. The molecule has 0 unspecified atom stereocenters. The van der Waals surface area contributed by atoms with Gasteiger partial charge < -0.3 is 18.9 Å².